The van der Waals surface area contributed by atoms with Crippen molar-refractivity contribution in [2.45, 2.75) is 44.9 Å². The highest BCUT2D eigenvalue weighted by atomic mass is 35.5. The first-order valence-corrected chi connectivity index (χ1v) is 7.19. The van der Waals surface area contributed by atoms with E-state index in [2.05, 4.69) is 5.32 Å². The maximum Gasteiger partial charge on any atom is 0.408 e. The molecule has 0 spiro atoms. The second kappa shape index (κ2) is 7.47. The molecule has 4 N–H and O–H groups in total. The van der Waals surface area contributed by atoms with Crippen LogP contribution in [0.2, 0.25) is 5.02 Å². The van der Waals surface area contributed by atoms with E-state index < -0.39 is 29.7 Å². The Balaban J connectivity index is 2.70. The second-order valence-electron chi connectivity index (χ2n) is 5.93. The quantitative estimate of drug-likeness (QED) is 0.771. The number of halogens is 1. The largest absolute Gasteiger partial charge is 0.480 e. The van der Waals surface area contributed by atoms with Gasteiger partial charge in [0.15, 0.2) is 0 Å². The van der Waals surface area contributed by atoms with E-state index in [1.165, 1.54) is 0 Å². The van der Waals surface area contributed by atoms with E-state index in [1.54, 1.807) is 45.0 Å². The molecule has 122 valence electrons. The first-order chi connectivity index (χ1) is 10.1. The number of ether oxygens (including phenoxy) is 1. The average Bonchev–Trinajstić information content (AvgIpc) is 2.36. The van der Waals surface area contributed by atoms with Crippen LogP contribution in [-0.4, -0.2) is 28.8 Å². The predicted molar refractivity (Wildman–Crippen MR) is 83.8 cm³/mol. The van der Waals surface area contributed by atoms with Gasteiger partial charge in [-0.15, -0.1) is 0 Å². The number of carbonyl (C=O) groups is 2. The molecule has 0 aliphatic heterocycles. The first kappa shape index (κ1) is 18.3. The summed E-state index contributed by atoms with van der Waals surface area (Å²) in [6, 6.07) is 5.11. The van der Waals surface area contributed by atoms with E-state index in [9.17, 15) is 14.7 Å². The van der Waals surface area contributed by atoms with Crippen molar-refractivity contribution < 1.29 is 19.4 Å². The molecule has 0 saturated carbocycles. The molecule has 0 saturated heterocycles. The van der Waals surface area contributed by atoms with E-state index in [0.29, 0.717) is 5.02 Å². The number of nitrogens with one attached hydrogen (secondary N) is 1. The highest BCUT2D eigenvalue weighted by Gasteiger charge is 2.26. The Bertz CT molecular complexity index is 525. The van der Waals surface area contributed by atoms with Gasteiger partial charge in [-0.1, -0.05) is 23.7 Å². The van der Waals surface area contributed by atoms with Gasteiger partial charge in [0.1, 0.15) is 11.6 Å². The lowest BCUT2D eigenvalue weighted by Gasteiger charge is -2.23. The van der Waals surface area contributed by atoms with Crippen LogP contribution in [0.3, 0.4) is 0 Å². The number of nitrogens with two attached hydrogens (primary N) is 1. The van der Waals surface area contributed by atoms with Crippen LogP contribution < -0.4 is 11.1 Å². The van der Waals surface area contributed by atoms with Crippen molar-refractivity contribution in [1.29, 1.82) is 0 Å². The fraction of sp³-hybridized carbons (Fsp3) is 0.467. The van der Waals surface area contributed by atoms with Gasteiger partial charge in [-0.3, -0.25) is 0 Å². The normalized spacial score (nSPS) is 14.0. The van der Waals surface area contributed by atoms with Crippen LogP contribution in [0.5, 0.6) is 0 Å². The van der Waals surface area contributed by atoms with Crippen molar-refractivity contribution in [1.82, 2.24) is 5.32 Å². The van der Waals surface area contributed by atoms with Crippen molar-refractivity contribution in [2.75, 3.05) is 0 Å². The Labute approximate surface area is 134 Å². The highest BCUT2D eigenvalue weighted by Crippen LogP contribution is 2.19. The SMILES string of the molecule is CC(C)(C)OC(=O)N[C@H](C[C@H](N)c1ccc(Cl)cc1)C(=O)O. The molecule has 0 fully saturated rings. The van der Waals surface area contributed by atoms with Crippen molar-refractivity contribution >= 4 is 23.7 Å². The second-order valence-corrected chi connectivity index (χ2v) is 6.37. The molecule has 22 heavy (non-hydrogen) atoms. The van der Waals surface area contributed by atoms with Crippen molar-refractivity contribution in [3.05, 3.63) is 34.9 Å². The maximum absolute atomic E-state index is 11.7. The molecule has 2 atom stereocenters. The Morgan fingerprint density at radius 1 is 1.32 bits per heavy atom. The highest BCUT2D eigenvalue weighted by molar-refractivity contribution is 6.30. The molecule has 0 radical (unpaired) electrons. The lowest BCUT2D eigenvalue weighted by atomic mass is 10.0. The van der Waals surface area contributed by atoms with Gasteiger partial charge in [0.2, 0.25) is 0 Å². The Kier molecular flexibility index (Phi) is 6.20. The maximum atomic E-state index is 11.7. The number of hydrogen-bond donors (Lipinski definition) is 3. The molecule has 1 aromatic rings. The lowest BCUT2D eigenvalue weighted by molar-refractivity contribution is -0.139. The van der Waals surface area contributed by atoms with Gasteiger partial charge in [-0.2, -0.15) is 0 Å². The summed E-state index contributed by atoms with van der Waals surface area (Å²) in [7, 11) is 0. The number of carbonyl (C=O) groups excluding carboxylic acids is 1. The van der Waals surface area contributed by atoms with Gasteiger partial charge in [-0.05, 0) is 44.9 Å². The van der Waals surface area contributed by atoms with E-state index in [1.807, 2.05) is 0 Å². The number of carboxylic acid groups (broad SMARTS) is 1. The average molecular weight is 329 g/mol. The van der Waals surface area contributed by atoms with Crippen LogP contribution in [0.15, 0.2) is 24.3 Å². The Hall–Kier alpha value is -1.79. The fourth-order valence-electron chi connectivity index (χ4n) is 1.77. The van der Waals surface area contributed by atoms with Crippen LogP contribution in [0.4, 0.5) is 4.79 Å². The topological polar surface area (TPSA) is 102 Å². The van der Waals surface area contributed by atoms with Gasteiger partial charge in [-0.25, -0.2) is 9.59 Å². The molecule has 0 aromatic heterocycles. The summed E-state index contributed by atoms with van der Waals surface area (Å²) in [6.07, 6.45) is -0.751. The van der Waals surface area contributed by atoms with E-state index >= 15 is 0 Å². The molecule has 0 unspecified atom stereocenters. The van der Waals surface area contributed by atoms with Gasteiger partial charge in [0.25, 0.3) is 0 Å². The van der Waals surface area contributed by atoms with Crippen molar-refractivity contribution in [3.8, 4) is 0 Å². The number of amides is 1. The van der Waals surface area contributed by atoms with Crippen LogP contribution in [-0.2, 0) is 9.53 Å². The van der Waals surface area contributed by atoms with Crippen molar-refractivity contribution in [2.24, 2.45) is 5.73 Å². The number of rotatable bonds is 5. The first-order valence-electron chi connectivity index (χ1n) is 6.82. The predicted octanol–water partition coefficient (Wildman–Crippen LogP) is 2.71. The number of alkyl carbamates (subject to hydrolysis) is 1. The zero-order valence-corrected chi connectivity index (χ0v) is 13.6. The smallest absolute Gasteiger partial charge is 0.408 e. The minimum Gasteiger partial charge on any atom is -0.480 e. The third kappa shape index (κ3) is 6.32. The lowest BCUT2D eigenvalue weighted by Crippen LogP contribution is -2.44. The molecule has 0 bridgehead atoms. The van der Waals surface area contributed by atoms with Crippen LogP contribution in [0.1, 0.15) is 38.8 Å². The summed E-state index contributed by atoms with van der Waals surface area (Å²) in [5, 5.41) is 12.1. The minimum absolute atomic E-state index is 0.0379. The Morgan fingerprint density at radius 3 is 2.32 bits per heavy atom. The number of hydrogen-bond acceptors (Lipinski definition) is 4. The Morgan fingerprint density at radius 2 is 1.86 bits per heavy atom. The standard InChI is InChI=1S/C15H21ClN2O4/c1-15(2,3)22-14(21)18-12(13(19)20)8-11(17)9-4-6-10(16)7-5-9/h4-7,11-12H,8,17H2,1-3H3,(H,18,21)(H,19,20)/t11-,12+/m0/s1. The molecule has 1 rings (SSSR count). The minimum atomic E-state index is -1.17. The van der Waals surface area contributed by atoms with Gasteiger partial charge in [0, 0.05) is 11.1 Å². The van der Waals surface area contributed by atoms with Crippen LogP contribution in [0.25, 0.3) is 0 Å². The molecule has 0 aliphatic rings. The van der Waals surface area contributed by atoms with Crippen LogP contribution in [0, 0.1) is 0 Å². The van der Waals surface area contributed by atoms with Gasteiger partial charge >= 0.3 is 12.1 Å². The number of carboxylic acids is 1. The molecule has 1 aromatic carbocycles. The molecular formula is C15H21ClN2O4. The molecule has 1 amide bonds. The van der Waals surface area contributed by atoms with E-state index in [4.69, 9.17) is 22.1 Å². The summed E-state index contributed by atoms with van der Waals surface area (Å²) in [5.41, 5.74) is 6.02. The monoisotopic (exact) mass is 328 g/mol. The van der Waals surface area contributed by atoms with Gasteiger partial charge in [0.05, 0.1) is 0 Å². The third-order valence-electron chi connectivity index (χ3n) is 2.78. The summed E-state index contributed by atoms with van der Waals surface area (Å²) < 4.78 is 5.05. The van der Waals surface area contributed by atoms with Crippen molar-refractivity contribution in [3.63, 3.8) is 0 Å². The fourth-order valence-corrected chi connectivity index (χ4v) is 1.90. The summed E-state index contributed by atoms with van der Waals surface area (Å²) in [6.45, 7) is 5.09. The van der Waals surface area contributed by atoms with E-state index in [-0.39, 0.29) is 6.42 Å². The third-order valence-corrected chi connectivity index (χ3v) is 3.03. The summed E-state index contributed by atoms with van der Waals surface area (Å²) in [5.74, 6) is -1.17. The summed E-state index contributed by atoms with van der Waals surface area (Å²) in [4.78, 5) is 23.0. The zero-order valence-electron chi connectivity index (χ0n) is 12.8. The summed E-state index contributed by atoms with van der Waals surface area (Å²) >= 11 is 5.79. The molecule has 6 nitrogen and oxygen atoms in total. The van der Waals surface area contributed by atoms with E-state index in [0.717, 1.165) is 5.56 Å². The number of benzene rings is 1. The zero-order chi connectivity index (χ0) is 16.9. The molecule has 0 aliphatic carbocycles. The molecule has 0 heterocycles. The molecule has 7 heteroatoms. The van der Waals surface area contributed by atoms with Gasteiger partial charge < -0.3 is 20.9 Å². The molecular weight excluding hydrogens is 308 g/mol. The number of aliphatic carboxylic acids is 1. The van der Waals surface area contributed by atoms with Crippen LogP contribution >= 0.6 is 11.6 Å².